The van der Waals surface area contributed by atoms with Crippen molar-refractivity contribution in [1.82, 2.24) is 0 Å². The van der Waals surface area contributed by atoms with Gasteiger partial charge in [0.25, 0.3) is 0 Å². The molecule has 1 aromatic heterocycles. The van der Waals surface area contributed by atoms with Gasteiger partial charge in [-0.2, -0.15) is 0 Å². The molecular weight excluding hydrogens is 278 g/mol. The minimum Gasteiger partial charge on any atom is -0.545 e. The van der Waals surface area contributed by atoms with Gasteiger partial charge in [-0.25, -0.2) is 4.79 Å². The quantitative estimate of drug-likeness (QED) is 0.646. The van der Waals surface area contributed by atoms with Crippen LogP contribution >= 0.6 is 0 Å². The smallest absolute Gasteiger partial charge is 0.376 e. The maximum Gasteiger partial charge on any atom is 0.376 e. The van der Waals surface area contributed by atoms with E-state index in [1.165, 1.54) is 7.11 Å². The van der Waals surface area contributed by atoms with E-state index in [0.29, 0.717) is 17.0 Å². The number of amides is 1. The molecule has 2 aromatic rings. The van der Waals surface area contributed by atoms with E-state index in [1.807, 2.05) is 0 Å². The first-order valence-electron chi connectivity index (χ1n) is 5.83. The molecule has 0 unspecified atom stereocenters. The molecule has 108 valence electrons. The second-order valence-corrected chi connectivity index (χ2v) is 3.94. The Bertz CT molecular complexity index is 743. The number of nitrogens with one attached hydrogen (secondary N) is 1. The van der Waals surface area contributed by atoms with Gasteiger partial charge in [0.05, 0.1) is 13.1 Å². The van der Waals surface area contributed by atoms with E-state index in [1.54, 1.807) is 24.3 Å². The fraction of sp³-hybridized carbons (Fsp3) is 0.0714. The number of carbonyl (C=O) groups excluding carboxylic acids is 3. The number of esters is 1. The molecule has 0 bridgehead atoms. The highest BCUT2D eigenvalue weighted by Crippen LogP contribution is 2.31. The van der Waals surface area contributed by atoms with Crippen molar-refractivity contribution in [3.63, 3.8) is 0 Å². The van der Waals surface area contributed by atoms with Crippen molar-refractivity contribution in [3.8, 4) is 0 Å². The highest BCUT2D eigenvalue weighted by Gasteiger charge is 2.22. The average molecular weight is 288 g/mol. The van der Waals surface area contributed by atoms with Gasteiger partial charge in [-0.15, -0.1) is 0 Å². The molecule has 1 aromatic carbocycles. The molecule has 0 spiro atoms. The summed E-state index contributed by atoms with van der Waals surface area (Å²) in [6, 6.07) is 6.66. The highest BCUT2D eigenvalue weighted by atomic mass is 16.5. The number of carbonyl (C=O) groups is 3. The number of furan rings is 1. The van der Waals surface area contributed by atoms with Crippen LogP contribution in [0, 0.1) is 0 Å². The van der Waals surface area contributed by atoms with E-state index in [0.717, 1.165) is 6.08 Å². The lowest BCUT2D eigenvalue weighted by atomic mass is 10.2. The minimum absolute atomic E-state index is 0.116. The molecule has 0 atom stereocenters. The van der Waals surface area contributed by atoms with Crippen LogP contribution in [0.25, 0.3) is 11.0 Å². The molecule has 1 amide bonds. The lowest BCUT2D eigenvalue weighted by Gasteiger charge is -2.02. The van der Waals surface area contributed by atoms with Crippen molar-refractivity contribution in [2.24, 2.45) is 0 Å². The van der Waals surface area contributed by atoms with Crippen LogP contribution in [0.2, 0.25) is 0 Å². The van der Waals surface area contributed by atoms with E-state index < -0.39 is 17.8 Å². The molecule has 21 heavy (non-hydrogen) atoms. The normalized spacial score (nSPS) is 10.7. The molecule has 0 radical (unpaired) electrons. The van der Waals surface area contributed by atoms with Gasteiger partial charge in [-0.1, -0.05) is 12.1 Å². The molecule has 7 nitrogen and oxygen atoms in total. The van der Waals surface area contributed by atoms with Gasteiger partial charge in [-0.3, -0.25) is 4.79 Å². The summed E-state index contributed by atoms with van der Waals surface area (Å²) < 4.78 is 9.92. The number of methoxy groups -OCH3 is 1. The van der Waals surface area contributed by atoms with Gasteiger partial charge in [0.1, 0.15) is 11.3 Å². The molecule has 0 fully saturated rings. The maximum atomic E-state index is 11.7. The number of rotatable bonds is 4. The summed E-state index contributed by atoms with van der Waals surface area (Å²) in [6.07, 6.45) is 1.35. The van der Waals surface area contributed by atoms with Gasteiger partial charge >= 0.3 is 5.97 Å². The maximum absolute atomic E-state index is 11.7. The molecule has 0 aliphatic rings. The van der Waals surface area contributed by atoms with E-state index in [-0.39, 0.29) is 11.4 Å². The fourth-order valence-corrected chi connectivity index (χ4v) is 1.71. The van der Waals surface area contributed by atoms with Crippen LogP contribution in [0.4, 0.5) is 5.69 Å². The number of fused-ring (bicyclic) bond motifs is 1. The minimum atomic E-state index is -1.50. The van der Waals surface area contributed by atoms with E-state index in [4.69, 9.17) is 4.42 Å². The van der Waals surface area contributed by atoms with Gasteiger partial charge in [0, 0.05) is 11.5 Å². The van der Waals surface area contributed by atoms with Crippen molar-refractivity contribution in [1.29, 1.82) is 0 Å². The summed E-state index contributed by atoms with van der Waals surface area (Å²) in [6.45, 7) is 0. The number of hydrogen-bond donors (Lipinski definition) is 1. The average Bonchev–Trinajstić information content (AvgIpc) is 2.83. The predicted octanol–water partition coefficient (Wildman–Crippen LogP) is 0.464. The summed E-state index contributed by atoms with van der Waals surface area (Å²) in [7, 11) is 1.18. The van der Waals surface area contributed by atoms with Crippen molar-refractivity contribution in [2.45, 2.75) is 0 Å². The summed E-state index contributed by atoms with van der Waals surface area (Å²) in [5, 5.41) is 13.2. The predicted molar refractivity (Wildman–Crippen MR) is 70.3 cm³/mol. The summed E-state index contributed by atoms with van der Waals surface area (Å²) in [4.78, 5) is 33.6. The van der Waals surface area contributed by atoms with Crippen LogP contribution in [0.15, 0.2) is 40.8 Å². The standard InChI is InChI=1S/C14H11NO6/c1-20-14(19)13-12(15-10(16)6-7-11(17)18)8-4-2-3-5-9(8)21-13/h2-7H,1H3,(H,15,16)(H,17,18)/p-1/b7-6+. The number of aliphatic carboxylic acids is 1. The third-order valence-electron chi connectivity index (χ3n) is 2.59. The summed E-state index contributed by atoms with van der Waals surface area (Å²) in [5.74, 6) is -3.18. The molecule has 2 rings (SSSR count). The first-order chi connectivity index (χ1) is 10.0. The first-order valence-corrected chi connectivity index (χ1v) is 5.83. The van der Waals surface area contributed by atoms with Crippen LogP contribution in [0.1, 0.15) is 10.6 Å². The lowest BCUT2D eigenvalue weighted by Crippen LogP contribution is -2.20. The van der Waals surface area contributed by atoms with E-state index in [2.05, 4.69) is 10.1 Å². The van der Waals surface area contributed by atoms with Crippen LogP contribution in [0.3, 0.4) is 0 Å². The number of benzene rings is 1. The SMILES string of the molecule is COC(=O)c1oc2ccccc2c1NC(=O)/C=C/C(=O)[O-]. The Labute approximate surface area is 118 Å². The number of hydrogen-bond acceptors (Lipinski definition) is 6. The van der Waals surface area contributed by atoms with Gasteiger partial charge < -0.3 is 24.4 Å². The topological polar surface area (TPSA) is 109 Å². The van der Waals surface area contributed by atoms with E-state index >= 15 is 0 Å². The Balaban J connectivity index is 2.43. The molecular formula is C14H10NO6-. The Morgan fingerprint density at radius 1 is 1.24 bits per heavy atom. The Morgan fingerprint density at radius 2 is 1.95 bits per heavy atom. The van der Waals surface area contributed by atoms with Crippen LogP contribution in [-0.4, -0.2) is 25.0 Å². The number of para-hydroxylation sites is 1. The highest BCUT2D eigenvalue weighted by molar-refractivity contribution is 6.12. The second-order valence-electron chi connectivity index (χ2n) is 3.94. The molecule has 1 heterocycles. The number of ether oxygens (including phenoxy) is 1. The molecule has 0 saturated carbocycles. The Kier molecular flexibility index (Phi) is 4.03. The number of carboxylic acid groups (broad SMARTS) is 1. The summed E-state index contributed by atoms with van der Waals surface area (Å²) >= 11 is 0. The molecule has 0 saturated heterocycles. The number of anilines is 1. The lowest BCUT2D eigenvalue weighted by molar-refractivity contribution is -0.297. The van der Waals surface area contributed by atoms with Crippen molar-refractivity contribution < 1.29 is 28.6 Å². The molecule has 7 heteroatoms. The summed E-state index contributed by atoms with van der Waals surface area (Å²) in [5.41, 5.74) is 0.502. The van der Waals surface area contributed by atoms with Gasteiger partial charge in [0.15, 0.2) is 0 Å². The fourth-order valence-electron chi connectivity index (χ4n) is 1.71. The first kappa shape index (κ1) is 14.3. The third kappa shape index (κ3) is 3.08. The second kappa shape index (κ2) is 5.91. The van der Waals surface area contributed by atoms with Gasteiger partial charge in [-0.05, 0) is 18.2 Å². The molecule has 1 N–H and O–H groups in total. The van der Waals surface area contributed by atoms with Crippen LogP contribution in [-0.2, 0) is 14.3 Å². The molecule has 0 aliphatic heterocycles. The van der Waals surface area contributed by atoms with Crippen LogP contribution < -0.4 is 10.4 Å². The Hall–Kier alpha value is -3.09. The van der Waals surface area contributed by atoms with Crippen LogP contribution in [0.5, 0.6) is 0 Å². The molecule has 0 aliphatic carbocycles. The third-order valence-corrected chi connectivity index (χ3v) is 2.59. The zero-order valence-corrected chi connectivity index (χ0v) is 10.9. The Morgan fingerprint density at radius 3 is 2.62 bits per heavy atom. The van der Waals surface area contributed by atoms with Crippen molar-refractivity contribution in [2.75, 3.05) is 12.4 Å². The van der Waals surface area contributed by atoms with Crippen molar-refractivity contribution >= 4 is 34.5 Å². The van der Waals surface area contributed by atoms with Crippen molar-refractivity contribution in [3.05, 3.63) is 42.2 Å². The zero-order valence-electron chi connectivity index (χ0n) is 10.9. The zero-order chi connectivity index (χ0) is 15.4. The monoisotopic (exact) mass is 288 g/mol. The van der Waals surface area contributed by atoms with Gasteiger partial charge in [0.2, 0.25) is 11.7 Å². The number of carboxylic acids is 1. The largest absolute Gasteiger partial charge is 0.545 e. The van der Waals surface area contributed by atoms with E-state index in [9.17, 15) is 19.5 Å².